The maximum absolute atomic E-state index is 13.1. The third kappa shape index (κ3) is 2.92. The fourth-order valence-corrected chi connectivity index (χ4v) is 4.46. The SMILES string of the molecule is CC(=O)N1CC[C@H]2[C@H](CCCN2C(=O)c2cc3cc(C)ccc3[nH]2)C1. The van der Waals surface area contributed by atoms with E-state index < -0.39 is 0 Å². The Morgan fingerprint density at radius 1 is 1.16 bits per heavy atom. The summed E-state index contributed by atoms with van der Waals surface area (Å²) >= 11 is 0. The minimum absolute atomic E-state index is 0.0971. The third-order valence-electron chi connectivity index (χ3n) is 5.78. The van der Waals surface area contributed by atoms with Gasteiger partial charge in [-0.25, -0.2) is 0 Å². The number of carbonyl (C=O) groups is 2. The van der Waals surface area contributed by atoms with Crippen molar-refractivity contribution in [2.75, 3.05) is 19.6 Å². The minimum atomic E-state index is 0.0971. The van der Waals surface area contributed by atoms with E-state index in [2.05, 4.69) is 24.0 Å². The molecule has 4 rings (SSSR count). The monoisotopic (exact) mass is 339 g/mol. The summed E-state index contributed by atoms with van der Waals surface area (Å²) < 4.78 is 0. The molecule has 25 heavy (non-hydrogen) atoms. The van der Waals surface area contributed by atoms with Gasteiger partial charge in [-0.15, -0.1) is 0 Å². The molecule has 0 bridgehead atoms. The van der Waals surface area contributed by atoms with Crippen LogP contribution in [0.4, 0.5) is 0 Å². The van der Waals surface area contributed by atoms with Crippen molar-refractivity contribution in [2.24, 2.45) is 5.92 Å². The van der Waals surface area contributed by atoms with Crippen LogP contribution in [0.1, 0.15) is 42.2 Å². The van der Waals surface area contributed by atoms with Crippen LogP contribution in [0, 0.1) is 12.8 Å². The number of likely N-dealkylation sites (tertiary alicyclic amines) is 2. The summed E-state index contributed by atoms with van der Waals surface area (Å²) in [6.45, 7) is 6.06. The number of fused-ring (bicyclic) bond motifs is 2. The van der Waals surface area contributed by atoms with Gasteiger partial charge in [0.1, 0.15) is 5.69 Å². The lowest BCUT2D eigenvalue weighted by Crippen LogP contribution is -2.56. The molecule has 3 heterocycles. The molecule has 1 aromatic heterocycles. The molecule has 132 valence electrons. The van der Waals surface area contributed by atoms with Crippen LogP contribution in [0.2, 0.25) is 0 Å². The Kier molecular flexibility index (Phi) is 4.02. The Balaban J connectivity index is 1.57. The first-order valence-corrected chi connectivity index (χ1v) is 9.19. The van der Waals surface area contributed by atoms with E-state index in [1.807, 2.05) is 21.9 Å². The summed E-state index contributed by atoms with van der Waals surface area (Å²) in [6, 6.07) is 8.42. The van der Waals surface area contributed by atoms with Gasteiger partial charge in [-0.05, 0) is 50.3 Å². The summed E-state index contributed by atoms with van der Waals surface area (Å²) in [4.78, 5) is 32.1. The molecule has 0 radical (unpaired) electrons. The molecule has 2 aliphatic heterocycles. The van der Waals surface area contributed by atoms with E-state index in [1.165, 1.54) is 5.56 Å². The zero-order valence-corrected chi connectivity index (χ0v) is 14.9. The van der Waals surface area contributed by atoms with Gasteiger partial charge in [0.15, 0.2) is 0 Å². The van der Waals surface area contributed by atoms with Crippen LogP contribution in [0.3, 0.4) is 0 Å². The van der Waals surface area contributed by atoms with Gasteiger partial charge in [-0.3, -0.25) is 9.59 Å². The van der Waals surface area contributed by atoms with Gasteiger partial charge in [-0.2, -0.15) is 0 Å². The minimum Gasteiger partial charge on any atom is -0.351 e. The molecule has 2 amide bonds. The Morgan fingerprint density at radius 3 is 2.80 bits per heavy atom. The number of aryl methyl sites for hydroxylation is 1. The quantitative estimate of drug-likeness (QED) is 0.868. The molecule has 2 atom stereocenters. The van der Waals surface area contributed by atoms with Crippen LogP contribution >= 0.6 is 0 Å². The fraction of sp³-hybridized carbons (Fsp3) is 0.500. The van der Waals surface area contributed by atoms with E-state index in [0.29, 0.717) is 11.6 Å². The Morgan fingerprint density at radius 2 is 2.00 bits per heavy atom. The summed E-state index contributed by atoms with van der Waals surface area (Å²) in [6.07, 6.45) is 3.00. The fourth-order valence-electron chi connectivity index (χ4n) is 4.46. The van der Waals surface area contributed by atoms with E-state index in [1.54, 1.807) is 6.92 Å². The zero-order chi connectivity index (χ0) is 17.6. The van der Waals surface area contributed by atoms with E-state index in [4.69, 9.17) is 0 Å². The molecule has 2 aromatic rings. The van der Waals surface area contributed by atoms with Gasteiger partial charge in [-0.1, -0.05) is 11.6 Å². The van der Waals surface area contributed by atoms with Crippen molar-refractivity contribution in [2.45, 2.75) is 39.2 Å². The summed E-state index contributed by atoms with van der Waals surface area (Å²) in [5.74, 6) is 0.648. The number of nitrogens with zero attached hydrogens (tertiary/aromatic N) is 2. The summed E-state index contributed by atoms with van der Waals surface area (Å²) in [5.41, 5.74) is 2.88. The van der Waals surface area contributed by atoms with Crippen LogP contribution in [0.15, 0.2) is 24.3 Å². The molecule has 0 saturated carbocycles. The molecule has 2 aliphatic rings. The number of carbonyl (C=O) groups excluding carboxylic acids is 2. The van der Waals surface area contributed by atoms with Crippen molar-refractivity contribution in [1.82, 2.24) is 14.8 Å². The molecule has 2 saturated heterocycles. The highest BCUT2D eigenvalue weighted by atomic mass is 16.2. The topological polar surface area (TPSA) is 56.4 Å². The molecular formula is C20H25N3O2. The smallest absolute Gasteiger partial charge is 0.270 e. The second kappa shape index (κ2) is 6.21. The van der Waals surface area contributed by atoms with Crippen molar-refractivity contribution >= 4 is 22.7 Å². The molecule has 5 heteroatoms. The molecule has 2 fully saturated rings. The van der Waals surface area contributed by atoms with Crippen molar-refractivity contribution in [3.63, 3.8) is 0 Å². The first kappa shape index (κ1) is 16.2. The highest BCUT2D eigenvalue weighted by Gasteiger charge is 2.39. The molecule has 0 unspecified atom stereocenters. The van der Waals surface area contributed by atoms with E-state index in [-0.39, 0.29) is 17.9 Å². The van der Waals surface area contributed by atoms with Gasteiger partial charge in [0.05, 0.1) is 0 Å². The van der Waals surface area contributed by atoms with Crippen LogP contribution in [-0.2, 0) is 4.79 Å². The van der Waals surface area contributed by atoms with E-state index in [9.17, 15) is 9.59 Å². The van der Waals surface area contributed by atoms with Gasteiger partial charge in [0.25, 0.3) is 5.91 Å². The molecule has 1 N–H and O–H groups in total. The third-order valence-corrected chi connectivity index (χ3v) is 5.78. The lowest BCUT2D eigenvalue weighted by molar-refractivity contribution is -0.132. The number of aromatic nitrogens is 1. The van der Waals surface area contributed by atoms with Gasteiger partial charge >= 0.3 is 0 Å². The summed E-state index contributed by atoms with van der Waals surface area (Å²) in [5, 5.41) is 1.09. The zero-order valence-electron chi connectivity index (χ0n) is 14.9. The molecule has 1 aromatic carbocycles. The van der Waals surface area contributed by atoms with Crippen molar-refractivity contribution in [3.05, 3.63) is 35.5 Å². The maximum atomic E-state index is 13.1. The predicted octanol–water partition coefficient (Wildman–Crippen LogP) is 2.95. The number of rotatable bonds is 1. The highest BCUT2D eigenvalue weighted by molar-refractivity contribution is 5.98. The number of benzene rings is 1. The second-order valence-electron chi connectivity index (χ2n) is 7.50. The van der Waals surface area contributed by atoms with Crippen molar-refractivity contribution in [3.8, 4) is 0 Å². The summed E-state index contributed by atoms with van der Waals surface area (Å²) in [7, 11) is 0. The number of piperidine rings is 2. The number of nitrogens with one attached hydrogen (secondary N) is 1. The number of hydrogen-bond acceptors (Lipinski definition) is 2. The number of amides is 2. The standard InChI is InChI=1S/C20H25N3O2/c1-13-5-6-17-16(10-13)11-18(21-17)20(25)23-8-3-4-15-12-22(14(2)24)9-7-19(15)23/h5-6,10-11,15,19,21H,3-4,7-9,12H2,1-2H3/t15-,19+/m1/s1. The normalized spacial score (nSPS) is 23.6. The predicted molar refractivity (Wildman–Crippen MR) is 97.5 cm³/mol. The first-order chi connectivity index (χ1) is 12.0. The van der Waals surface area contributed by atoms with Crippen LogP contribution in [0.5, 0.6) is 0 Å². The highest BCUT2D eigenvalue weighted by Crippen LogP contribution is 2.32. The Labute approximate surface area is 148 Å². The largest absolute Gasteiger partial charge is 0.351 e. The van der Waals surface area contributed by atoms with Gasteiger partial charge < -0.3 is 14.8 Å². The van der Waals surface area contributed by atoms with Crippen molar-refractivity contribution < 1.29 is 9.59 Å². The maximum Gasteiger partial charge on any atom is 0.270 e. The van der Waals surface area contributed by atoms with Gasteiger partial charge in [0, 0.05) is 43.5 Å². The second-order valence-corrected chi connectivity index (χ2v) is 7.50. The lowest BCUT2D eigenvalue weighted by Gasteiger charge is -2.47. The van der Waals surface area contributed by atoms with E-state index >= 15 is 0 Å². The van der Waals surface area contributed by atoms with Crippen LogP contribution in [0.25, 0.3) is 10.9 Å². The van der Waals surface area contributed by atoms with Gasteiger partial charge in [0.2, 0.25) is 5.91 Å². The number of hydrogen-bond donors (Lipinski definition) is 1. The number of H-pyrrole nitrogens is 1. The van der Waals surface area contributed by atoms with Crippen LogP contribution in [-0.4, -0.2) is 52.3 Å². The molecule has 0 spiro atoms. The van der Waals surface area contributed by atoms with Crippen molar-refractivity contribution in [1.29, 1.82) is 0 Å². The molecular weight excluding hydrogens is 314 g/mol. The number of aromatic amines is 1. The lowest BCUT2D eigenvalue weighted by atomic mass is 9.83. The Bertz CT molecular complexity index is 825. The van der Waals surface area contributed by atoms with Crippen LogP contribution < -0.4 is 0 Å². The molecule has 5 nitrogen and oxygen atoms in total. The first-order valence-electron chi connectivity index (χ1n) is 9.19. The average molecular weight is 339 g/mol. The molecule has 0 aliphatic carbocycles. The van der Waals surface area contributed by atoms with E-state index in [0.717, 1.165) is 49.8 Å². The Hall–Kier alpha value is -2.30. The average Bonchev–Trinajstić information content (AvgIpc) is 3.03.